The van der Waals surface area contributed by atoms with E-state index in [0.29, 0.717) is 23.6 Å². The maximum Gasteiger partial charge on any atom is 0.255 e. The summed E-state index contributed by atoms with van der Waals surface area (Å²) in [5.41, 5.74) is 0.800. The minimum Gasteiger partial charge on any atom is -0.494 e. The van der Waals surface area contributed by atoms with E-state index in [1.54, 1.807) is 30.3 Å². The molecule has 3 N–H and O–H groups in total. The van der Waals surface area contributed by atoms with Crippen molar-refractivity contribution in [2.24, 2.45) is 5.14 Å². The second-order valence-corrected chi connectivity index (χ2v) is 6.81. The van der Waals surface area contributed by atoms with Gasteiger partial charge in [-0.05, 0) is 48.9 Å². The van der Waals surface area contributed by atoms with Crippen LogP contribution in [0.15, 0.2) is 53.4 Å². The van der Waals surface area contributed by atoms with Crippen LogP contribution < -0.4 is 15.2 Å². The number of hydrogen-bond donors (Lipinski definition) is 2. The summed E-state index contributed by atoms with van der Waals surface area (Å²) in [6, 6.07) is 12.6. The Balaban J connectivity index is 2.04. The number of hydrogen-bond acceptors (Lipinski definition) is 4. The molecule has 24 heavy (non-hydrogen) atoms. The maximum atomic E-state index is 12.2. The van der Waals surface area contributed by atoms with Crippen LogP contribution in [0.5, 0.6) is 5.75 Å². The second-order valence-electron chi connectivity index (χ2n) is 5.25. The first-order valence-corrected chi connectivity index (χ1v) is 9.12. The number of unbranched alkanes of at least 4 members (excludes halogenated alkanes) is 1. The third-order valence-electron chi connectivity index (χ3n) is 3.30. The number of anilines is 1. The summed E-state index contributed by atoms with van der Waals surface area (Å²) >= 11 is 0. The number of nitrogens with one attached hydrogen (secondary N) is 1. The average molecular weight is 348 g/mol. The molecule has 7 heteroatoms. The average Bonchev–Trinajstić information content (AvgIpc) is 2.55. The highest BCUT2D eigenvalue weighted by Gasteiger charge is 2.10. The summed E-state index contributed by atoms with van der Waals surface area (Å²) in [4.78, 5) is 12.2. The van der Waals surface area contributed by atoms with E-state index in [0.717, 1.165) is 12.8 Å². The topological polar surface area (TPSA) is 98.5 Å². The van der Waals surface area contributed by atoms with Gasteiger partial charge in [-0.25, -0.2) is 13.6 Å². The van der Waals surface area contributed by atoms with Gasteiger partial charge in [-0.1, -0.05) is 19.4 Å². The first-order chi connectivity index (χ1) is 11.4. The van der Waals surface area contributed by atoms with Crippen molar-refractivity contribution in [1.82, 2.24) is 0 Å². The van der Waals surface area contributed by atoms with Crippen molar-refractivity contribution in [2.45, 2.75) is 24.7 Å². The molecule has 0 aromatic heterocycles. The van der Waals surface area contributed by atoms with Crippen LogP contribution in [0.1, 0.15) is 30.1 Å². The van der Waals surface area contributed by atoms with Crippen LogP contribution in [-0.2, 0) is 10.0 Å². The van der Waals surface area contributed by atoms with E-state index in [1.807, 2.05) is 0 Å². The minimum atomic E-state index is -3.81. The Morgan fingerprint density at radius 3 is 2.50 bits per heavy atom. The van der Waals surface area contributed by atoms with Gasteiger partial charge in [0.05, 0.1) is 11.5 Å². The predicted octanol–water partition coefficient (Wildman–Crippen LogP) is 2.77. The van der Waals surface area contributed by atoms with Crippen molar-refractivity contribution < 1.29 is 17.9 Å². The molecular weight excluding hydrogens is 328 g/mol. The lowest BCUT2D eigenvalue weighted by Crippen LogP contribution is -2.14. The fraction of sp³-hybridized carbons (Fsp3) is 0.235. The fourth-order valence-electron chi connectivity index (χ4n) is 1.99. The summed E-state index contributed by atoms with van der Waals surface area (Å²) in [6.07, 6.45) is 2.03. The summed E-state index contributed by atoms with van der Waals surface area (Å²) in [7, 11) is -3.81. The molecule has 0 spiro atoms. The molecule has 0 fully saturated rings. The van der Waals surface area contributed by atoms with Crippen LogP contribution in [0.25, 0.3) is 0 Å². The quantitative estimate of drug-likeness (QED) is 0.752. The van der Waals surface area contributed by atoms with Crippen LogP contribution in [0.4, 0.5) is 5.69 Å². The third kappa shape index (κ3) is 5.07. The van der Waals surface area contributed by atoms with Gasteiger partial charge in [0.1, 0.15) is 5.75 Å². The number of amides is 1. The normalized spacial score (nSPS) is 11.1. The van der Waals surface area contributed by atoms with E-state index >= 15 is 0 Å². The molecule has 6 nitrogen and oxygen atoms in total. The molecule has 0 unspecified atom stereocenters. The van der Waals surface area contributed by atoms with Gasteiger partial charge in [0.15, 0.2) is 0 Å². The number of carbonyl (C=O) groups excluding carboxylic acids is 1. The SMILES string of the molecule is CCCCOc1ccc(C(=O)Nc2cccc(S(N)(=O)=O)c2)cc1. The van der Waals surface area contributed by atoms with Crippen LogP contribution >= 0.6 is 0 Å². The number of nitrogens with two attached hydrogens (primary N) is 1. The molecule has 0 aliphatic carbocycles. The molecule has 1 amide bonds. The van der Waals surface area contributed by atoms with E-state index < -0.39 is 10.0 Å². The molecular formula is C17H20N2O4S. The van der Waals surface area contributed by atoms with E-state index in [1.165, 1.54) is 18.2 Å². The Labute approximate surface area is 141 Å². The first-order valence-electron chi connectivity index (χ1n) is 7.57. The molecule has 2 rings (SSSR count). The van der Waals surface area contributed by atoms with Crippen LogP contribution in [0.3, 0.4) is 0 Å². The van der Waals surface area contributed by atoms with Crippen molar-refractivity contribution in [3.05, 3.63) is 54.1 Å². The van der Waals surface area contributed by atoms with Gasteiger partial charge in [-0.2, -0.15) is 0 Å². The zero-order chi connectivity index (χ0) is 17.6. The number of benzene rings is 2. The summed E-state index contributed by atoms with van der Waals surface area (Å²) in [6.45, 7) is 2.73. The summed E-state index contributed by atoms with van der Waals surface area (Å²) in [5.74, 6) is 0.359. The lowest BCUT2D eigenvalue weighted by atomic mass is 10.2. The first kappa shape index (κ1) is 18.0. The van der Waals surface area contributed by atoms with E-state index in [-0.39, 0.29) is 10.8 Å². The van der Waals surface area contributed by atoms with Crippen molar-refractivity contribution in [1.29, 1.82) is 0 Å². The predicted molar refractivity (Wildman–Crippen MR) is 92.6 cm³/mol. The third-order valence-corrected chi connectivity index (χ3v) is 4.21. The lowest BCUT2D eigenvalue weighted by Gasteiger charge is -2.08. The monoisotopic (exact) mass is 348 g/mol. The zero-order valence-electron chi connectivity index (χ0n) is 13.4. The molecule has 0 atom stereocenters. The van der Waals surface area contributed by atoms with Crippen molar-refractivity contribution in [3.63, 3.8) is 0 Å². The second kappa shape index (κ2) is 7.94. The van der Waals surface area contributed by atoms with E-state index in [4.69, 9.17) is 9.88 Å². The van der Waals surface area contributed by atoms with Gasteiger partial charge in [0, 0.05) is 11.3 Å². The molecule has 0 aliphatic rings. The van der Waals surface area contributed by atoms with Gasteiger partial charge < -0.3 is 10.1 Å². The zero-order valence-corrected chi connectivity index (χ0v) is 14.2. The highest BCUT2D eigenvalue weighted by molar-refractivity contribution is 7.89. The van der Waals surface area contributed by atoms with Crippen molar-refractivity contribution in [2.75, 3.05) is 11.9 Å². The lowest BCUT2D eigenvalue weighted by molar-refractivity contribution is 0.102. The molecule has 0 bridgehead atoms. The van der Waals surface area contributed by atoms with Crippen LogP contribution in [0.2, 0.25) is 0 Å². The number of rotatable bonds is 7. The maximum absolute atomic E-state index is 12.2. The Kier molecular flexibility index (Phi) is 5.94. The smallest absolute Gasteiger partial charge is 0.255 e. The van der Waals surface area contributed by atoms with E-state index in [9.17, 15) is 13.2 Å². The minimum absolute atomic E-state index is 0.0556. The molecule has 128 valence electrons. The standard InChI is InChI=1S/C17H20N2O4S/c1-2-3-11-23-15-9-7-13(8-10-15)17(20)19-14-5-4-6-16(12-14)24(18,21)22/h4-10,12H,2-3,11H2,1H3,(H,19,20)(H2,18,21,22). The molecule has 2 aromatic carbocycles. The molecule has 0 aliphatic heterocycles. The Morgan fingerprint density at radius 1 is 1.17 bits per heavy atom. The van der Waals surface area contributed by atoms with Crippen molar-refractivity contribution in [3.8, 4) is 5.75 Å². The van der Waals surface area contributed by atoms with Gasteiger partial charge in [0.2, 0.25) is 10.0 Å². The molecule has 0 radical (unpaired) electrons. The summed E-state index contributed by atoms with van der Waals surface area (Å²) in [5, 5.41) is 7.72. The molecule has 0 heterocycles. The number of carbonyl (C=O) groups is 1. The summed E-state index contributed by atoms with van der Waals surface area (Å²) < 4.78 is 28.2. The van der Waals surface area contributed by atoms with Crippen LogP contribution in [-0.4, -0.2) is 20.9 Å². The highest BCUT2D eigenvalue weighted by atomic mass is 32.2. The van der Waals surface area contributed by atoms with Gasteiger partial charge >= 0.3 is 0 Å². The largest absolute Gasteiger partial charge is 0.494 e. The molecule has 2 aromatic rings. The Bertz CT molecular complexity index is 802. The number of primary sulfonamides is 1. The Morgan fingerprint density at radius 2 is 1.88 bits per heavy atom. The molecule has 0 saturated heterocycles. The fourth-order valence-corrected chi connectivity index (χ4v) is 2.55. The molecule has 0 saturated carbocycles. The van der Waals surface area contributed by atoms with E-state index in [2.05, 4.69) is 12.2 Å². The number of ether oxygens (including phenoxy) is 1. The van der Waals surface area contributed by atoms with Gasteiger partial charge in [0.25, 0.3) is 5.91 Å². The van der Waals surface area contributed by atoms with Gasteiger partial charge in [-0.3, -0.25) is 4.79 Å². The number of sulfonamides is 1. The van der Waals surface area contributed by atoms with Crippen LogP contribution in [0, 0.1) is 0 Å². The van der Waals surface area contributed by atoms with Gasteiger partial charge in [-0.15, -0.1) is 0 Å². The highest BCUT2D eigenvalue weighted by Crippen LogP contribution is 2.17. The Hall–Kier alpha value is -2.38. The van der Waals surface area contributed by atoms with Crippen molar-refractivity contribution >= 4 is 21.6 Å².